The van der Waals surface area contributed by atoms with Gasteiger partial charge in [0.25, 0.3) is 0 Å². The van der Waals surface area contributed by atoms with E-state index in [0.29, 0.717) is 13.2 Å². The van der Waals surface area contributed by atoms with E-state index in [1.165, 1.54) is 6.92 Å². The maximum Gasteiger partial charge on any atom is 0.216 e. The number of hydrogen-bond donors (Lipinski definition) is 2. The Hall–Kier alpha value is -0.610. The van der Waals surface area contributed by atoms with E-state index in [9.17, 15) is 4.79 Å². The normalized spacial score (nSPS) is 11.3. The third-order valence-electron chi connectivity index (χ3n) is 0.956. The molecule has 0 aliphatic heterocycles. The summed E-state index contributed by atoms with van der Waals surface area (Å²) in [5.74, 6) is -0.0330. The van der Waals surface area contributed by atoms with Crippen LogP contribution in [0.1, 0.15) is 27.7 Å². The third kappa shape index (κ3) is 9.39. The highest BCUT2D eigenvalue weighted by Gasteiger charge is 2.07. The minimum Gasteiger partial charge on any atom is -0.354 e. The lowest BCUT2D eigenvalue weighted by molar-refractivity contribution is -0.119. The molecule has 0 aromatic heterocycles. The first-order valence-electron chi connectivity index (χ1n) is 4.05. The van der Waals surface area contributed by atoms with Crippen LogP contribution in [0.4, 0.5) is 0 Å². The molecule has 72 valence electrons. The molecule has 4 nitrogen and oxygen atoms in total. The molecule has 0 aromatic carbocycles. The molecule has 0 rings (SSSR count). The summed E-state index contributed by atoms with van der Waals surface area (Å²) in [6.45, 7) is 8.52. The van der Waals surface area contributed by atoms with Crippen LogP contribution in [0.15, 0.2) is 0 Å². The first-order valence-corrected chi connectivity index (χ1v) is 4.05. The van der Waals surface area contributed by atoms with Crippen LogP contribution in [0, 0.1) is 0 Å². The van der Waals surface area contributed by atoms with Gasteiger partial charge < -0.3 is 5.32 Å². The summed E-state index contributed by atoms with van der Waals surface area (Å²) in [6.07, 6.45) is 0. The van der Waals surface area contributed by atoms with Gasteiger partial charge in [0.1, 0.15) is 0 Å². The van der Waals surface area contributed by atoms with Gasteiger partial charge >= 0.3 is 0 Å². The Morgan fingerprint density at radius 3 is 2.42 bits per heavy atom. The minimum absolute atomic E-state index is 0.0330. The van der Waals surface area contributed by atoms with E-state index in [1.807, 2.05) is 20.8 Å². The molecule has 0 heterocycles. The number of hydroxylamine groups is 1. The van der Waals surface area contributed by atoms with Crippen LogP contribution in [0.5, 0.6) is 0 Å². The van der Waals surface area contributed by atoms with Crippen LogP contribution in [0.25, 0.3) is 0 Å². The van der Waals surface area contributed by atoms with E-state index in [2.05, 4.69) is 10.8 Å². The Kier molecular flexibility index (Phi) is 4.85. The van der Waals surface area contributed by atoms with Crippen LogP contribution >= 0.6 is 0 Å². The van der Waals surface area contributed by atoms with Crippen molar-refractivity contribution in [1.82, 2.24) is 10.8 Å². The van der Waals surface area contributed by atoms with Crippen LogP contribution < -0.4 is 10.8 Å². The molecule has 0 fully saturated rings. The molecule has 0 radical (unpaired) electrons. The van der Waals surface area contributed by atoms with Crippen molar-refractivity contribution in [3.63, 3.8) is 0 Å². The van der Waals surface area contributed by atoms with E-state index in [1.54, 1.807) is 0 Å². The fourth-order valence-corrected chi connectivity index (χ4v) is 0.546. The number of rotatable bonds is 4. The topological polar surface area (TPSA) is 50.4 Å². The molecule has 0 aromatic rings. The predicted octanol–water partition coefficient (Wildman–Crippen LogP) is 0.442. The molecular weight excluding hydrogens is 156 g/mol. The summed E-state index contributed by atoms with van der Waals surface area (Å²) in [6, 6.07) is 0. The first kappa shape index (κ1) is 11.4. The monoisotopic (exact) mass is 174 g/mol. The number of amides is 1. The highest BCUT2D eigenvalue weighted by Crippen LogP contribution is 1.96. The van der Waals surface area contributed by atoms with Gasteiger partial charge in [-0.05, 0) is 20.8 Å². The SMILES string of the molecule is CC(=O)NCCONC(C)(C)C. The average molecular weight is 174 g/mol. The van der Waals surface area contributed by atoms with Crippen LogP contribution in [0.3, 0.4) is 0 Å². The van der Waals surface area contributed by atoms with Gasteiger partial charge in [-0.3, -0.25) is 9.63 Å². The summed E-state index contributed by atoms with van der Waals surface area (Å²) in [5.41, 5.74) is 2.80. The number of carbonyl (C=O) groups is 1. The summed E-state index contributed by atoms with van der Waals surface area (Å²) < 4.78 is 0. The smallest absolute Gasteiger partial charge is 0.216 e. The van der Waals surface area contributed by atoms with Crippen molar-refractivity contribution >= 4 is 5.91 Å². The second kappa shape index (κ2) is 5.11. The zero-order valence-corrected chi connectivity index (χ0v) is 8.23. The largest absolute Gasteiger partial charge is 0.354 e. The van der Waals surface area contributed by atoms with E-state index in [-0.39, 0.29) is 11.4 Å². The average Bonchev–Trinajstić information content (AvgIpc) is 1.83. The minimum atomic E-state index is -0.0454. The van der Waals surface area contributed by atoms with Crippen molar-refractivity contribution < 1.29 is 9.63 Å². The van der Waals surface area contributed by atoms with Gasteiger partial charge in [0, 0.05) is 19.0 Å². The standard InChI is InChI=1S/C8H18N2O2/c1-7(11)9-5-6-12-10-8(2,3)4/h10H,5-6H2,1-4H3,(H,9,11). The second-order valence-electron chi connectivity index (χ2n) is 3.68. The van der Waals surface area contributed by atoms with Crippen molar-refractivity contribution in [2.24, 2.45) is 0 Å². The summed E-state index contributed by atoms with van der Waals surface area (Å²) in [5, 5.41) is 2.63. The fraction of sp³-hybridized carbons (Fsp3) is 0.875. The maximum atomic E-state index is 10.4. The van der Waals surface area contributed by atoms with Crippen molar-refractivity contribution in [3.8, 4) is 0 Å². The molecule has 0 aliphatic carbocycles. The van der Waals surface area contributed by atoms with Crippen molar-refractivity contribution in [1.29, 1.82) is 0 Å². The Bertz CT molecular complexity index is 140. The molecule has 0 saturated carbocycles. The highest BCUT2D eigenvalue weighted by atomic mass is 16.6. The fourth-order valence-electron chi connectivity index (χ4n) is 0.546. The van der Waals surface area contributed by atoms with Crippen LogP contribution in [-0.4, -0.2) is 24.6 Å². The van der Waals surface area contributed by atoms with Gasteiger partial charge in [-0.15, -0.1) is 0 Å². The van der Waals surface area contributed by atoms with Crippen LogP contribution in [-0.2, 0) is 9.63 Å². The Morgan fingerprint density at radius 1 is 1.42 bits per heavy atom. The van der Waals surface area contributed by atoms with E-state index in [0.717, 1.165) is 0 Å². The van der Waals surface area contributed by atoms with Gasteiger partial charge in [-0.1, -0.05) is 0 Å². The lowest BCUT2D eigenvalue weighted by Gasteiger charge is -2.19. The number of carbonyl (C=O) groups excluding carboxylic acids is 1. The Balaban J connectivity index is 3.17. The molecule has 0 spiro atoms. The van der Waals surface area contributed by atoms with Crippen molar-refractivity contribution in [2.45, 2.75) is 33.2 Å². The highest BCUT2D eigenvalue weighted by molar-refractivity contribution is 5.72. The molecule has 1 amide bonds. The van der Waals surface area contributed by atoms with E-state index < -0.39 is 0 Å². The summed E-state index contributed by atoms with van der Waals surface area (Å²) >= 11 is 0. The molecule has 4 heteroatoms. The van der Waals surface area contributed by atoms with Crippen molar-refractivity contribution in [3.05, 3.63) is 0 Å². The Labute approximate surface area is 73.6 Å². The predicted molar refractivity (Wildman–Crippen MR) is 47.5 cm³/mol. The molecule has 0 aliphatic rings. The van der Waals surface area contributed by atoms with E-state index >= 15 is 0 Å². The van der Waals surface area contributed by atoms with Gasteiger partial charge in [0.2, 0.25) is 5.91 Å². The van der Waals surface area contributed by atoms with Gasteiger partial charge in [0.15, 0.2) is 0 Å². The van der Waals surface area contributed by atoms with Gasteiger partial charge in [-0.25, -0.2) is 0 Å². The first-order chi connectivity index (χ1) is 5.42. The zero-order valence-electron chi connectivity index (χ0n) is 8.23. The van der Waals surface area contributed by atoms with Crippen molar-refractivity contribution in [2.75, 3.05) is 13.2 Å². The summed E-state index contributed by atoms with van der Waals surface area (Å²) in [4.78, 5) is 15.5. The molecule has 12 heavy (non-hydrogen) atoms. The Morgan fingerprint density at radius 2 is 2.00 bits per heavy atom. The third-order valence-corrected chi connectivity index (χ3v) is 0.956. The zero-order chi connectivity index (χ0) is 9.61. The molecule has 0 unspecified atom stereocenters. The lowest BCUT2D eigenvalue weighted by atomic mass is 10.1. The van der Waals surface area contributed by atoms with Crippen LogP contribution in [0.2, 0.25) is 0 Å². The second-order valence-corrected chi connectivity index (χ2v) is 3.68. The molecule has 2 N–H and O–H groups in total. The molecule has 0 bridgehead atoms. The molecular formula is C8H18N2O2. The lowest BCUT2D eigenvalue weighted by Crippen LogP contribution is -2.37. The molecule has 0 atom stereocenters. The van der Waals surface area contributed by atoms with E-state index in [4.69, 9.17) is 4.84 Å². The number of nitrogens with one attached hydrogen (secondary N) is 2. The maximum absolute atomic E-state index is 10.4. The molecule has 0 saturated heterocycles. The van der Waals surface area contributed by atoms with Gasteiger partial charge in [-0.2, -0.15) is 5.48 Å². The number of hydrogen-bond acceptors (Lipinski definition) is 3. The quantitative estimate of drug-likeness (QED) is 0.480. The van der Waals surface area contributed by atoms with Gasteiger partial charge in [0.05, 0.1) is 6.61 Å². The summed E-state index contributed by atoms with van der Waals surface area (Å²) in [7, 11) is 0.